The summed E-state index contributed by atoms with van der Waals surface area (Å²) in [5.74, 6) is -0.153. The second-order valence-electron chi connectivity index (χ2n) is 6.16. The number of piperazine rings is 1. The lowest BCUT2D eigenvalue weighted by Gasteiger charge is -2.37. The molecule has 0 radical (unpaired) electrons. The molecule has 20 heavy (non-hydrogen) atoms. The summed E-state index contributed by atoms with van der Waals surface area (Å²) < 4.78 is 4.87. The molecular formula is C15H31N3O2. The maximum absolute atomic E-state index is 11.8. The third-order valence-electron chi connectivity index (χ3n) is 3.89. The first-order valence-electron chi connectivity index (χ1n) is 7.74. The molecule has 1 saturated heterocycles. The third kappa shape index (κ3) is 5.77. The van der Waals surface area contributed by atoms with Crippen molar-refractivity contribution < 1.29 is 9.53 Å². The first-order valence-corrected chi connectivity index (χ1v) is 7.74. The fraction of sp³-hybridized carbons (Fsp3) is 0.933. The number of rotatable bonds is 7. The van der Waals surface area contributed by atoms with E-state index in [1.54, 1.807) is 0 Å². The maximum atomic E-state index is 11.8. The second-order valence-corrected chi connectivity index (χ2v) is 6.16. The number of carbonyl (C=O) groups excluding carboxylic acids is 1. The summed E-state index contributed by atoms with van der Waals surface area (Å²) in [7, 11) is 1.46. The molecule has 1 rings (SSSR count). The van der Waals surface area contributed by atoms with E-state index in [0.717, 1.165) is 39.1 Å². The highest BCUT2D eigenvalue weighted by atomic mass is 16.5. The van der Waals surface area contributed by atoms with Crippen LogP contribution in [0.1, 0.15) is 34.1 Å². The monoisotopic (exact) mass is 285 g/mol. The van der Waals surface area contributed by atoms with Gasteiger partial charge in [-0.3, -0.25) is 9.69 Å². The molecule has 1 aliphatic rings. The number of nitrogens with one attached hydrogen (secondary N) is 1. The topological polar surface area (TPSA) is 44.8 Å². The van der Waals surface area contributed by atoms with Gasteiger partial charge in [0.05, 0.1) is 7.11 Å². The van der Waals surface area contributed by atoms with Crippen LogP contribution in [0.5, 0.6) is 0 Å². The molecule has 0 saturated carbocycles. The zero-order valence-corrected chi connectivity index (χ0v) is 13.7. The van der Waals surface area contributed by atoms with E-state index in [1.807, 2.05) is 0 Å². The lowest BCUT2D eigenvalue weighted by atomic mass is 10.1. The van der Waals surface area contributed by atoms with Crippen molar-refractivity contribution in [1.29, 1.82) is 0 Å². The summed E-state index contributed by atoms with van der Waals surface area (Å²) in [6.07, 6.45) is 0.812. The molecule has 1 unspecified atom stereocenters. The Morgan fingerprint density at radius 2 is 1.75 bits per heavy atom. The smallest absolute Gasteiger partial charge is 0.322 e. The van der Waals surface area contributed by atoms with Crippen molar-refractivity contribution in [2.75, 3.05) is 39.8 Å². The molecule has 1 aliphatic heterocycles. The zero-order valence-electron chi connectivity index (χ0n) is 13.7. The zero-order chi connectivity index (χ0) is 15.1. The number of hydrogen-bond donors (Lipinski definition) is 1. The minimum Gasteiger partial charge on any atom is -0.468 e. The van der Waals surface area contributed by atoms with Crippen molar-refractivity contribution in [2.24, 2.45) is 0 Å². The van der Waals surface area contributed by atoms with Crippen LogP contribution in [0.4, 0.5) is 0 Å². The molecule has 1 fully saturated rings. The van der Waals surface area contributed by atoms with Crippen LogP contribution in [-0.2, 0) is 9.53 Å². The second kappa shape index (κ2) is 8.60. The van der Waals surface area contributed by atoms with Gasteiger partial charge in [-0.25, -0.2) is 0 Å². The van der Waals surface area contributed by atoms with Gasteiger partial charge in [-0.15, -0.1) is 0 Å². The highest BCUT2D eigenvalue weighted by Crippen LogP contribution is 2.07. The fourth-order valence-corrected chi connectivity index (χ4v) is 2.63. The van der Waals surface area contributed by atoms with Crippen molar-refractivity contribution >= 4 is 5.97 Å². The molecule has 5 heteroatoms. The van der Waals surface area contributed by atoms with Gasteiger partial charge >= 0.3 is 5.97 Å². The molecule has 1 N–H and O–H groups in total. The Bertz CT molecular complexity index is 287. The molecule has 0 bridgehead atoms. The van der Waals surface area contributed by atoms with Crippen LogP contribution >= 0.6 is 0 Å². The fourth-order valence-electron chi connectivity index (χ4n) is 2.63. The Balaban J connectivity index is 2.35. The number of nitrogens with zero attached hydrogens (tertiary/aromatic N) is 2. The molecule has 0 aromatic rings. The molecular weight excluding hydrogens is 254 g/mol. The maximum Gasteiger partial charge on any atom is 0.322 e. The summed E-state index contributed by atoms with van der Waals surface area (Å²) in [6.45, 7) is 14.0. The Kier molecular flexibility index (Phi) is 7.48. The lowest BCUT2D eigenvalue weighted by Crippen LogP contribution is -2.50. The van der Waals surface area contributed by atoms with Gasteiger partial charge in [0, 0.05) is 44.8 Å². The number of esters is 1. The molecule has 1 heterocycles. The number of ether oxygens (including phenoxy) is 1. The van der Waals surface area contributed by atoms with E-state index in [1.165, 1.54) is 7.11 Å². The quantitative estimate of drug-likeness (QED) is 0.705. The van der Waals surface area contributed by atoms with Crippen LogP contribution in [-0.4, -0.2) is 73.7 Å². The SMILES string of the molecule is COC(=O)C(CCN1CCN(C(C)C)CC1)NC(C)C. The Hall–Kier alpha value is -0.650. The van der Waals surface area contributed by atoms with E-state index in [0.29, 0.717) is 6.04 Å². The Morgan fingerprint density at radius 3 is 2.20 bits per heavy atom. The van der Waals surface area contributed by atoms with Gasteiger partial charge in [0.2, 0.25) is 0 Å². The van der Waals surface area contributed by atoms with Gasteiger partial charge < -0.3 is 15.0 Å². The Labute approximate surface area is 123 Å². The van der Waals surface area contributed by atoms with E-state index in [2.05, 4.69) is 42.8 Å². The largest absolute Gasteiger partial charge is 0.468 e. The van der Waals surface area contributed by atoms with Crippen molar-refractivity contribution in [3.8, 4) is 0 Å². The van der Waals surface area contributed by atoms with Crippen LogP contribution in [0.2, 0.25) is 0 Å². The number of hydrogen-bond acceptors (Lipinski definition) is 5. The summed E-state index contributed by atoms with van der Waals surface area (Å²) in [5, 5.41) is 3.29. The molecule has 1 atom stereocenters. The van der Waals surface area contributed by atoms with Crippen LogP contribution < -0.4 is 5.32 Å². The van der Waals surface area contributed by atoms with Gasteiger partial charge in [0.15, 0.2) is 0 Å². The lowest BCUT2D eigenvalue weighted by molar-refractivity contribution is -0.143. The molecule has 0 spiro atoms. The third-order valence-corrected chi connectivity index (χ3v) is 3.89. The molecule has 0 aromatic carbocycles. The predicted molar refractivity (Wildman–Crippen MR) is 81.8 cm³/mol. The average Bonchev–Trinajstić information content (AvgIpc) is 2.42. The first-order chi connectivity index (χ1) is 9.43. The standard InChI is InChI=1S/C15H31N3O2/c1-12(2)16-14(15(19)20-5)6-7-17-8-10-18(11-9-17)13(3)4/h12-14,16H,6-11H2,1-5H3. The Morgan fingerprint density at radius 1 is 1.15 bits per heavy atom. The minimum absolute atomic E-state index is 0.153. The normalized spacial score (nSPS) is 19.6. The van der Waals surface area contributed by atoms with Gasteiger partial charge in [0.25, 0.3) is 0 Å². The van der Waals surface area contributed by atoms with E-state index < -0.39 is 0 Å². The van der Waals surface area contributed by atoms with E-state index >= 15 is 0 Å². The van der Waals surface area contributed by atoms with E-state index in [-0.39, 0.29) is 18.1 Å². The van der Waals surface area contributed by atoms with Gasteiger partial charge in [0.1, 0.15) is 6.04 Å². The van der Waals surface area contributed by atoms with Crippen molar-refractivity contribution in [3.63, 3.8) is 0 Å². The van der Waals surface area contributed by atoms with Crippen molar-refractivity contribution in [3.05, 3.63) is 0 Å². The summed E-state index contributed by atoms with van der Waals surface area (Å²) >= 11 is 0. The van der Waals surface area contributed by atoms with Crippen LogP contribution in [0.25, 0.3) is 0 Å². The van der Waals surface area contributed by atoms with Gasteiger partial charge in [-0.2, -0.15) is 0 Å². The molecule has 5 nitrogen and oxygen atoms in total. The van der Waals surface area contributed by atoms with E-state index in [4.69, 9.17) is 4.74 Å². The first kappa shape index (κ1) is 17.4. The molecule has 118 valence electrons. The van der Waals surface area contributed by atoms with Gasteiger partial charge in [-0.1, -0.05) is 13.8 Å². The van der Waals surface area contributed by atoms with Crippen molar-refractivity contribution in [2.45, 2.75) is 52.2 Å². The average molecular weight is 285 g/mol. The highest BCUT2D eigenvalue weighted by molar-refractivity contribution is 5.75. The molecule has 0 aromatic heterocycles. The summed E-state index contributed by atoms with van der Waals surface area (Å²) in [6, 6.07) is 0.725. The van der Waals surface area contributed by atoms with Crippen LogP contribution in [0.15, 0.2) is 0 Å². The van der Waals surface area contributed by atoms with Crippen LogP contribution in [0, 0.1) is 0 Å². The summed E-state index contributed by atoms with van der Waals surface area (Å²) in [4.78, 5) is 16.7. The summed E-state index contributed by atoms with van der Waals surface area (Å²) in [5.41, 5.74) is 0. The predicted octanol–water partition coefficient (Wildman–Crippen LogP) is 0.942. The van der Waals surface area contributed by atoms with Crippen molar-refractivity contribution in [1.82, 2.24) is 15.1 Å². The molecule has 0 amide bonds. The minimum atomic E-state index is -0.192. The highest BCUT2D eigenvalue weighted by Gasteiger charge is 2.23. The van der Waals surface area contributed by atoms with E-state index in [9.17, 15) is 4.79 Å². The molecule has 0 aliphatic carbocycles. The number of carbonyl (C=O) groups is 1. The van der Waals surface area contributed by atoms with Gasteiger partial charge in [-0.05, 0) is 20.3 Å². The van der Waals surface area contributed by atoms with Crippen LogP contribution in [0.3, 0.4) is 0 Å². The number of methoxy groups -OCH3 is 1.